The van der Waals surface area contributed by atoms with Gasteiger partial charge in [-0.3, -0.25) is 0 Å². The Morgan fingerprint density at radius 2 is 1.89 bits per heavy atom. The Morgan fingerprint density at radius 3 is 2.58 bits per heavy atom. The van der Waals surface area contributed by atoms with Crippen LogP contribution in [0.3, 0.4) is 0 Å². The van der Waals surface area contributed by atoms with Crippen molar-refractivity contribution in [3.63, 3.8) is 0 Å². The molecule has 0 aliphatic carbocycles. The fraction of sp³-hybridized carbons (Fsp3) is 0.143. The van der Waals surface area contributed by atoms with Crippen molar-refractivity contribution in [3.8, 4) is 10.8 Å². The molecule has 5 heteroatoms. The van der Waals surface area contributed by atoms with E-state index in [0.717, 1.165) is 10.4 Å². The van der Waals surface area contributed by atoms with Gasteiger partial charge in [0.2, 0.25) is 5.89 Å². The highest BCUT2D eigenvalue weighted by atomic mass is 32.1. The van der Waals surface area contributed by atoms with Gasteiger partial charge >= 0.3 is 0 Å². The lowest BCUT2D eigenvalue weighted by Crippen LogP contribution is -1.88. The summed E-state index contributed by atoms with van der Waals surface area (Å²) >= 11 is 1.62. The SMILES string of the molecule is Cc1ccc(-c2nnc(Cc3ccc(F)cc3)o2)s1. The second kappa shape index (κ2) is 4.93. The van der Waals surface area contributed by atoms with E-state index in [1.54, 1.807) is 23.5 Å². The number of halogens is 1. The molecule has 0 aliphatic rings. The van der Waals surface area contributed by atoms with Crippen LogP contribution in [0.25, 0.3) is 10.8 Å². The van der Waals surface area contributed by atoms with E-state index in [1.165, 1.54) is 17.0 Å². The highest BCUT2D eigenvalue weighted by Crippen LogP contribution is 2.26. The first-order chi connectivity index (χ1) is 9.20. The number of rotatable bonds is 3. The first-order valence-electron chi connectivity index (χ1n) is 5.84. The smallest absolute Gasteiger partial charge is 0.257 e. The molecule has 0 N–H and O–H groups in total. The molecule has 1 aromatic carbocycles. The van der Waals surface area contributed by atoms with Crippen LogP contribution in [-0.4, -0.2) is 10.2 Å². The van der Waals surface area contributed by atoms with Crippen LogP contribution < -0.4 is 0 Å². The predicted octanol–water partition coefficient (Wildman–Crippen LogP) is 3.84. The maximum atomic E-state index is 12.8. The molecule has 0 radical (unpaired) electrons. The molecule has 0 atom stereocenters. The van der Waals surface area contributed by atoms with Crippen molar-refractivity contribution in [1.82, 2.24) is 10.2 Å². The van der Waals surface area contributed by atoms with E-state index in [1.807, 2.05) is 19.1 Å². The zero-order valence-electron chi connectivity index (χ0n) is 10.3. The monoisotopic (exact) mass is 274 g/mol. The van der Waals surface area contributed by atoms with Crippen LogP contribution in [0.15, 0.2) is 40.8 Å². The van der Waals surface area contributed by atoms with E-state index < -0.39 is 0 Å². The summed E-state index contributed by atoms with van der Waals surface area (Å²) in [5.74, 6) is 0.826. The molecule has 0 amide bonds. The lowest BCUT2D eigenvalue weighted by molar-refractivity contribution is 0.519. The second-order valence-corrected chi connectivity index (χ2v) is 5.50. The van der Waals surface area contributed by atoms with Crippen molar-refractivity contribution in [1.29, 1.82) is 0 Å². The molecule has 0 bridgehead atoms. The molecule has 0 aliphatic heterocycles. The number of thiophene rings is 1. The molecular weight excluding hydrogens is 263 g/mol. The number of benzene rings is 1. The largest absolute Gasteiger partial charge is 0.420 e. The maximum absolute atomic E-state index is 12.8. The molecule has 0 fully saturated rings. The number of hydrogen-bond donors (Lipinski definition) is 0. The number of hydrogen-bond acceptors (Lipinski definition) is 4. The standard InChI is InChI=1S/C14H11FN2OS/c1-9-2-7-12(19-9)14-17-16-13(18-14)8-10-3-5-11(15)6-4-10/h2-7H,8H2,1H3. The summed E-state index contributed by atoms with van der Waals surface area (Å²) in [4.78, 5) is 2.17. The first-order valence-corrected chi connectivity index (χ1v) is 6.66. The Labute approximate surface area is 113 Å². The third-order valence-corrected chi connectivity index (χ3v) is 3.68. The van der Waals surface area contributed by atoms with Crippen LogP contribution >= 0.6 is 11.3 Å². The Bertz CT molecular complexity index is 688. The fourth-order valence-electron chi connectivity index (χ4n) is 1.75. The minimum absolute atomic E-state index is 0.246. The van der Waals surface area contributed by atoms with Crippen LogP contribution in [0.4, 0.5) is 4.39 Å². The Morgan fingerprint density at radius 1 is 1.11 bits per heavy atom. The van der Waals surface area contributed by atoms with Gasteiger partial charge in [0.25, 0.3) is 5.89 Å². The summed E-state index contributed by atoms with van der Waals surface area (Å²) < 4.78 is 18.4. The minimum atomic E-state index is -0.246. The van der Waals surface area contributed by atoms with Gasteiger partial charge in [0.1, 0.15) is 5.82 Å². The van der Waals surface area contributed by atoms with E-state index in [0.29, 0.717) is 18.2 Å². The third-order valence-electron chi connectivity index (χ3n) is 2.69. The van der Waals surface area contributed by atoms with E-state index in [2.05, 4.69) is 10.2 Å². The minimum Gasteiger partial charge on any atom is -0.420 e. The molecule has 3 nitrogen and oxygen atoms in total. The van der Waals surface area contributed by atoms with E-state index in [-0.39, 0.29) is 5.82 Å². The van der Waals surface area contributed by atoms with Gasteiger partial charge in [0, 0.05) is 4.88 Å². The summed E-state index contributed by atoms with van der Waals surface area (Å²) in [7, 11) is 0. The van der Waals surface area contributed by atoms with E-state index in [9.17, 15) is 4.39 Å². The quantitative estimate of drug-likeness (QED) is 0.728. The van der Waals surface area contributed by atoms with Gasteiger partial charge in [-0.25, -0.2) is 4.39 Å². The van der Waals surface area contributed by atoms with Crippen LogP contribution in [0, 0.1) is 12.7 Å². The van der Waals surface area contributed by atoms with E-state index >= 15 is 0 Å². The first kappa shape index (κ1) is 12.0. The summed E-state index contributed by atoms with van der Waals surface area (Å²) in [6.45, 7) is 2.03. The summed E-state index contributed by atoms with van der Waals surface area (Å²) in [6, 6.07) is 10.3. The van der Waals surface area contributed by atoms with Crippen LogP contribution in [0.2, 0.25) is 0 Å². The predicted molar refractivity (Wildman–Crippen MR) is 71.6 cm³/mol. The Hall–Kier alpha value is -2.01. The highest BCUT2D eigenvalue weighted by Gasteiger charge is 2.10. The van der Waals surface area contributed by atoms with Gasteiger partial charge in [-0.05, 0) is 36.8 Å². The fourth-order valence-corrected chi connectivity index (χ4v) is 2.54. The van der Waals surface area contributed by atoms with Crippen molar-refractivity contribution in [2.24, 2.45) is 0 Å². The molecule has 3 rings (SSSR count). The molecule has 19 heavy (non-hydrogen) atoms. The topological polar surface area (TPSA) is 38.9 Å². The molecule has 0 unspecified atom stereocenters. The normalized spacial score (nSPS) is 10.8. The molecule has 2 heterocycles. The zero-order valence-corrected chi connectivity index (χ0v) is 11.1. The van der Waals surface area contributed by atoms with Crippen molar-refractivity contribution < 1.29 is 8.81 Å². The Balaban J connectivity index is 1.80. The van der Waals surface area contributed by atoms with Crippen LogP contribution in [0.5, 0.6) is 0 Å². The van der Waals surface area contributed by atoms with Gasteiger partial charge < -0.3 is 4.42 Å². The van der Waals surface area contributed by atoms with Crippen molar-refractivity contribution in [2.75, 3.05) is 0 Å². The molecule has 2 aromatic heterocycles. The highest BCUT2D eigenvalue weighted by molar-refractivity contribution is 7.15. The van der Waals surface area contributed by atoms with Crippen molar-refractivity contribution >= 4 is 11.3 Å². The van der Waals surface area contributed by atoms with Gasteiger partial charge in [0.05, 0.1) is 11.3 Å². The third kappa shape index (κ3) is 2.71. The summed E-state index contributed by atoms with van der Waals surface area (Å²) in [5, 5.41) is 8.05. The summed E-state index contributed by atoms with van der Waals surface area (Å²) in [6.07, 6.45) is 0.512. The van der Waals surface area contributed by atoms with Crippen molar-refractivity contribution in [3.05, 3.63) is 58.5 Å². The molecule has 0 spiro atoms. The zero-order chi connectivity index (χ0) is 13.2. The van der Waals surface area contributed by atoms with Crippen LogP contribution in [0.1, 0.15) is 16.3 Å². The molecule has 3 aromatic rings. The Kier molecular flexibility index (Phi) is 3.13. The summed E-state index contributed by atoms with van der Waals surface area (Å²) in [5.41, 5.74) is 0.943. The maximum Gasteiger partial charge on any atom is 0.257 e. The van der Waals surface area contributed by atoms with Crippen molar-refractivity contribution in [2.45, 2.75) is 13.3 Å². The lowest BCUT2D eigenvalue weighted by atomic mass is 10.1. The molecule has 0 saturated heterocycles. The van der Waals surface area contributed by atoms with E-state index in [4.69, 9.17) is 4.42 Å². The molecule has 96 valence electrons. The molecule has 0 saturated carbocycles. The number of nitrogens with zero attached hydrogens (tertiary/aromatic N) is 2. The average Bonchev–Trinajstić information content (AvgIpc) is 3.01. The van der Waals surface area contributed by atoms with Gasteiger partial charge in [-0.15, -0.1) is 21.5 Å². The number of aryl methyl sites for hydroxylation is 1. The molecular formula is C14H11FN2OS. The number of aromatic nitrogens is 2. The second-order valence-electron chi connectivity index (χ2n) is 4.21. The average molecular weight is 274 g/mol. The lowest BCUT2D eigenvalue weighted by Gasteiger charge is -1.95. The van der Waals surface area contributed by atoms with Crippen LogP contribution in [-0.2, 0) is 6.42 Å². The van der Waals surface area contributed by atoms with Gasteiger partial charge in [-0.2, -0.15) is 0 Å². The van der Waals surface area contributed by atoms with Gasteiger partial charge in [0.15, 0.2) is 0 Å². The van der Waals surface area contributed by atoms with Gasteiger partial charge in [-0.1, -0.05) is 12.1 Å².